The Morgan fingerprint density at radius 3 is 1.00 bits per heavy atom. The van der Waals surface area contributed by atoms with E-state index in [0.29, 0.717) is 0 Å². The molecular formula is C31H27F34N2O6+. The first-order valence-electron chi connectivity index (χ1n) is 18.0. The summed E-state index contributed by atoms with van der Waals surface area (Å²) in [7, 11) is 2.31. The van der Waals surface area contributed by atoms with Gasteiger partial charge in [-0.25, -0.2) is 4.79 Å². The van der Waals surface area contributed by atoms with Gasteiger partial charge in [0.2, 0.25) is 0 Å². The van der Waals surface area contributed by atoms with E-state index in [0.717, 1.165) is 14.1 Å². The number of nitrogens with zero attached hydrogens (tertiary/aromatic N) is 1. The summed E-state index contributed by atoms with van der Waals surface area (Å²) in [5.41, 5.74) is 0. The molecule has 0 spiro atoms. The molecule has 0 radical (unpaired) electrons. The van der Waals surface area contributed by atoms with Crippen molar-refractivity contribution in [1.29, 1.82) is 0 Å². The number of nitrogens with one attached hydrogen (secondary N) is 1. The second-order valence-corrected chi connectivity index (χ2v) is 15.5. The lowest BCUT2D eigenvalue weighted by Crippen LogP contribution is -2.74. The molecule has 434 valence electrons. The molecule has 1 atom stereocenters. The lowest BCUT2D eigenvalue weighted by molar-refractivity contribution is -0.883. The number of halogens is 34. The third-order valence-corrected chi connectivity index (χ3v) is 9.46. The molecule has 0 fully saturated rings. The number of hydrogen-bond acceptors (Lipinski definition) is 6. The van der Waals surface area contributed by atoms with E-state index in [1.807, 2.05) is 0 Å². The Kier molecular flexibility index (Phi) is 19.3. The minimum atomic E-state index is -9.04. The molecule has 0 aliphatic rings. The molecule has 0 aromatic heterocycles. The van der Waals surface area contributed by atoms with E-state index in [4.69, 9.17) is 5.11 Å². The van der Waals surface area contributed by atoms with Crippen molar-refractivity contribution in [3.63, 3.8) is 0 Å². The van der Waals surface area contributed by atoms with Crippen molar-refractivity contribution >= 4 is 17.9 Å². The summed E-state index contributed by atoms with van der Waals surface area (Å²) < 4.78 is 467. The van der Waals surface area contributed by atoms with Crippen molar-refractivity contribution in [1.82, 2.24) is 5.32 Å². The number of carboxylic acid groups (broad SMARTS) is 1. The predicted molar refractivity (Wildman–Crippen MR) is 163 cm³/mol. The van der Waals surface area contributed by atoms with Gasteiger partial charge in [-0.1, -0.05) is 0 Å². The van der Waals surface area contributed by atoms with Crippen molar-refractivity contribution in [3.05, 3.63) is 0 Å². The van der Waals surface area contributed by atoms with Gasteiger partial charge in [0.15, 0.2) is 6.54 Å². The number of alkyl halides is 34. The zero-order valence-corrected chi connectivity index (χ0v) is 34.7. The molecule has 0 amide bonds. The number of quaternary nitrogens is 1. The van der Waals surface area contributed by atoms with Crippen molar-refractivity contribution in [2.45, 2.75) is 127 Å². The van der Waals surface area contributed by atoms with Gasteiger partial charge in [-0.3, -0.25) is 9.59 Å². The summed E-state index contributed by atoms with van der Waals surface area (Å²) in [5.74, 6) is -126. The lowest BCUT2D eigenvalue weighted by Gasteiger charge is -2.42. The Balaban J connectivity index is 6.64. The summed E-state index contributed by atoms with van der Waals surface area (Å²) >= 11 is 0. The Labute approximate surface area is 380 Å². The molecule has 0 aliphatic carbocycles. The molecule has 0 heterocycles. The largest absolute Gasteiger partial charge is 0.477 e. The Bertz CT molecular complexity index is 1930. The maximum absolute atomic E-state index is 14.3. The second-order valence-electron chi connectivity index (χ2n) is 15.5. The van der Waals surface area contributed by atoms with Crippen LogP contribution in [0.2, 0.25) is 0 Å². The average molecular weight is 1170 g/mol. The van der Waals surface area contributed by atoms with Gasteiger partial charge in [-0.2, -0.15) is 149 Å². The molecule has 0 saturated heterocycles. The van der Waals surface area contributed by atoms with Crippen LogP contribution in [0.15, 0.2) is 0 Å². The first-order valence-corrected chi connectivity index (χ1v) is 18.0. The van der Waals surface area contributed by atoms with Crippen LogP contribution in [-0.4, -0.2) is 176 Å². The van der Waals surface area contributed by atoms with Crippen LogP contribution in [0.25, 0.3) is 0 Å². The second kappa shape index (κ2) is 20.5. The summed E-state index contributed by atoms with van der Waals surface area (Å²) in [6, 6.07) is -2.80. The topological polar surface area (TPSA) is 102 Å². The van der Waals surface area contributed by atoms with Crippen molar-refractivity contribution in [2.24, 2.45) is 0 Å². The number of rotatable bonds is 28. The van der Waals surface area contributed by atoms with E-state index in [1.54, 1.807) is 5.32 Å². The number of carboxylic acids is 1. The number of aliphatic carboxylic acids is 1. The van der Waals surface area contributed by atoms with Crippen LogP contribution in [0.5, 0.6) is 0 Å². The Morgan fingerprint density at radius 2 is 0.712 bits per heavy atom. The van der Waals surface area contributed by atoms with Crippen LogP contribution in [0, 0.1) is 0 Å². The predicted octanol–water partition coefficient (Wildman–Crippen LogP) is 10.8. The maximum atomic E-state index is 14.3. The van der Waals surface area contributed by atoms with Crippen molar-refractivity contribution in [2.75, 3.05) is 46.9 Å². The van der Waals surface area contributed by atoms with Crippen LogP contribution < -0.4 is 5.32 Å². The first-order chi connectivity index (χ1) is 31.5. The van der Waals surface area contributed by atoms with E-state index < -0.39 is 176 Å². The average Bonchev–Trinajstić information content (AvgIpc) is 3.16. The maximum Gasteiger partial charge on any atom is 0.460 e. The molecule has 0 bridgehead atoms. The third kappa shape index (κ3) is 12.0. The number of carbonyl (C=O) groups is 3. The monoisotopic (exact) mass is 1170 g/mol. The highest BCUT2D eigenvalue weighted by Crippen LogP contribution is 2.66. The Hall–Kier alpha value is -4.05. The SMILES string of the molecule is C[N+](C)(CCCNC(CC(=O)OCCC(F)(F)C(F)(F)C(F)(F)C(F)(F)C(F)(F)C(F)(F)C(F)(F)C(F)(F)F)C(=O)OCCC(F)(F)C(F)(F)C(F)(F)C(F)(F)C(F)(F)C(F)(F)C(F)(F)C(F)(F)F)CC(=O)O. The molecule has 0 saturated carbocycles. The zero-order valence-electron chi connectivity index (χ0n) is 34.7. The van der Waals surface area contributed by atoms with Gasteiger partial charge >= 0.3 is 113 Å². The van der Waals surface area contributed by atoms with Gasteiger partial charge in [-0.05, 0) is 0 Å². The summed E-state index contributed by atoms with van der Waals surface area (Å²) in [4.78, 5) is 35.7. The first kappa shape index (κ1) is 69.0. The minimum absolute atomic E-state index is 0.369. The van der Waals surface area contributed by atoms with Gasteiger partial charge in [0.1, 0.15) is 6.04 Å². The van der Waals surface area contributed by atoms with Crippen molar-refractivity contribution < 1.29 is 183 Å². The third-order valence-electron chi connectivity index (χ3n) is 9.46. The normalized spacial score (nSPS) is 16.1. The molecule has 0 aromatic rings. The Morgan fingerprint density at radius 1 is 0.438 bits per heavy atom. The molecule has 73 heavy (non-hydrogen) atoms. The van der Waals surface area contributed by atoms with E-state index >= 15 is 0 Å². The summed E-state index contributed by atoms with van der Waals surface area (Å²) in [6.45, 7) is -7.40. The number of carbonyl (C=O) groups excluding carboxylic acids is 2. The molecule has 1 unspecified atom stereocenters. The molecule has 2 N–H and O–H groups in total. The smallest absolute Gasteiger partial charge is 0.460 e. The molecule has 0 aromatic carbocycles. The van der Waals surface area contributed by atoms with Gasteiger partial charge in [0.25, 0.3) is 0 Å². The van der Waals surface area contributed by atoms with Crippen LogP contribution in [0.3, 0.4) is 0 Å². The molecule has 0 rings (SSSR count). The highest BCUT2D eigenvalue weighted by molar-refractivity contribution is 5.82. The minimum Gasteiger partial charge on any atom is -0.477 e. The number of hydrogen-bond donors (Lipinski definition) is 2. The van der Waals surface area contributed by atoms with E-state index in [-0.39, 0.29) is 6.54 Å². The number of esters is 2. The molecule has 8 nitrogen and oxygen atoms in total. The van der Waals surface area contributed by atoms with Gasteiger partial charge in [0, 0.05) is 13.0 Å². The standard InChI is InChI=1S/C31H26F34N2O6/c1-67(2,11-13(68)69)7-3-6-66-12(15(71)73-9-5-17(34,35)19(38,39)21(42,43)23(46,47)25(50,51)27(54,55)29(58,59)31(63,64)65)10-14(70)72-8-4-16(32,33)18(36,37)20(40,41)22(44,45)24(48,49)26(52,53)28(56,57)30(60,61)62/h12,66H,3-11H2,1-2H3/p+1. The molecule has 42 heteroatoms. The van der Waals surface area contributed by atoms with Crippen LogP contribution in [0.1, 0.15) is 25.7 Å². The number of ether oxygens (including phenoxy) is 2. The molecule has 0 aliphatic heterocycles. The van der Waals surface area contributed by atoms with E-state index in [1.165, 1.54) is 0 Å². The zero-order chi connectivity index (χ0) is 59.3. The van der Waals surface area contributed by atoms with Crippen LogP contribution >= 0.6 is 0 Å². The highest BCUT2D eigenvalue weighted by atomic mass is 19.4. The summed E-state index contributed by atoms with van der Waals surface area (Å²) in [6.07, 6.45) is -25.6. The lowest BCUT2D eigenvalue weighted by atomic mass is 9.88. The van der Waals surface area contributed by atoms with Crippen molar-refractivity contribution in [3.8, 4) is 0 Å². The molecular weight excluding hydrogens is 1140 g/mol. The van der Waals surface area contributed by atoms with Gasteiger partial charge in [-0.15, -0.1) is 0 Å². The number of likely N-dealkylation sites (N-methyl/N-ethyl adjacent to an activating group) is 1. The van der Waals surface area contributed by atoms with E-state index in [2.05, 4.69) is 9.47 Å². The van der Waals surface area contributed by atoms with E-state index in [9.17, 15) is 164 Å². The quantitative estimate of drug-likeness (QED) is 0.0348. The van der Waals surface area contributed by atoms with Gasteiger partial charge in [0.05, 0.1) is 53.1 Å². The van der Waals surface area contributed by atoms with Crippen LogP contribution in [0.4, 0.5) is 149 Å². The van der Waals surface area contributed by atoms with Crippen LogP contribution in [-0.2, 0) is 23.9 Å². The fourth-order valence-electron chi connectivity index (χ4n) is 5.07. The van der Waals surface area contributed by atoms with Gasteiger partial charge < -0.3 is 24.4 Å². The fraction of sp³-hybridized carbons (Fsp3) is 0.903. The summed E-state index contributed by atoms with van der Waals surface area (Å²) in [5, 5.41) is 10.7. The fourth-order valence-corrected chi connectivity index (χ4v) is 5.07. The highest BCUT2D eigenvalue weighted by Gasteiger charge is 2.97.